The molecule has 2 N–H and O–H groups in total. The second-order valence-corrected chi connectivity index (χ2v) is 6.55. The minimum Gasteiger partial charge on any atom is -0.479 e. The van der Waals surface area contributed by atoms with Gasteiger partial charge in [-0.05, 0) is 41.1 Å². The van der Waals surface area contributed by atoms with Gasteiger partial charge in [-0.25, -0.2) is 0 Å². The fraction of sp³-hybridized carbons (Fsp3) is 0.214. The van der Waals surface area contributed by atoms with Crippen LogP contribution in [0.5, 0.6) is 5.75 Å². The summed E-state index contributed by atoms with van der Waals surface area (Å²) >= 11 is 5.05. The first-order valence-corrected chi connectivity index (χ1v) is 7.82. The van der Waals surface area contributed by atoms with Crippen LogP contribution in [0.4, 0.5) is 11.4 Å². The number of nitrogen functional groups attached to an aromatic ring is 1. The van der Waals surface area contributed by atoms with Crippen LogP contribution in [0.15, 0.2) is 34.1 Å². The molecule has 104 valence electrons. The zero-order chi connectivity index (χ0) is 14.3. The van der Waals surface area contributed by atoms with Gasteiger partial charge in [0.2, 0.25) is 0 Å². The number of ether oxygens (including phenoxy) is 1. The number of benzene rings is 1. The van der Waals surface area contributed by atoms with Crippen molar-refractivity contribution in [1.29, 1.82) is 0 Å². The van der Waals surface area contributed by atoms with E-state index in [1.54, 1.807) is 35.3 Å². The molecule has 0 bridgehead atoms. The highest BCUT2D eigenvalue weighted by atomic mass is 79.9. The van der Waals surface area contributed by atoms with Crippen molar-refractivity contribution < 1.29 is 9.53 Å². The molecule has 1 amide bonds. The lowest BCUT2D eigenvalue weighted by atomic mass is 10.1. The maximum Gasteiger partial charge on any atom is 0.268 e. The number of fused-ring (bicyclic) bond motifs is 1. The average Bonchev–Trinajstić information content (AvgIpc) is 2.80. The summed E-state index contributed by atoms with van der Waals surface area (Å²) in [5.41, 5.74) is 7.17. The van der Waals surface area contributed by atoms with E-state index in [2.05, 4.69) is 15.9 Å². The largest absolute Gasteiger partial charge is 0.479 e. The van der Waals surface area contributed by atoms with Gasteiger partial charge < -0.3 is 15.4 Å². The smallest absolute Gasteiger partial charge is 0.268 e. The zero-order valence-corrected chi connectivity index (χ0v) is 13.2. The number of carbonyl (C=O) groups is 1. The predicted molar refractivity (Wildman–Crippen MR) is 84.2 cm³/mol. The van der Waals surface area contributed by atoms with Crippen molar-refractivity contribution in [3.63, 3.8) is 0 Å². The molecule has 2 heterocycles. The molecule has 0 spiro atoms. The summed E-state index contributed by atoms with van der Waals surface area (Å²) in [4.78, 5) is 15.2. The Kier molecular flexibility index (Phi) is 3.43. The van der Waals surface area contributed by atoms with Crippen LogP contribution in [-0.2, 0) is 11.3 Å². The molecule has 1 unspecified atom stereocenters. The van der Waals surface area contributed by atoms with Crippen molar-refractivity contribution in [2.45, 2.75) is 19.6 Å². The highest BCUT2D eigenvalue weighted by molar-refractivity contribution is 9.10. The van der Waals surface area contributed by atoms with E-state index in [0.717, 1.165) is 15.0 Å². The van der Waals surface area contributed by atoms with Crippen molar-refractivity contribution in [3.05, 3.63) is 39.0 Å². The number of carbonyl (C=O) groups excluding carboxylic acids is 1. The van der Waals surface area contributed by atoms with E-state index in [9.17, 15) is 4.79 Å². The first-order valence-electron chi connectivity index (χ1n) is 6.15. The second-order valence-electron chi connectivity index (χ2n) is 4.64. The SMILES string of the molecule is CC1Oc2cc(N)ccc2N(Cc2cc(Br)cs2)C1=O. The maximum atomic E-state index is 12.3. The molecule has 1 aromatic carbocycles. The van der Waals surface area contributed by atoms with Crippen LogP contribution in [-0.4, -0.2) is 12.0 Å². The molecule has 1 aromatic heterocycles. The third-order valence-electron chi connectivity index (χ3n) is 3.13. The molecule has 3 rings (SSSR count). The van der Waals surface area contributed by atoms with Gasteiger partial charge >= 0.3 is 0 Å². The summed E-state index contributed by atoms with van der Waals surface area (Å²) in [6, 6.07) is 7.39. The molecule has 0 fully saturated rings. The van der Waals surface area contributed by atoms with Crippen LogP contribution in [0.1, 0.15) is 11.8 Å². The number of halogens is 1. The number of amides is 1. The average molecular weight is 353 g/mol. The number of thiophene rings is 1. The molecule has 0 radical (unpaired) electrons. The number of anilines is 2. The third-order valence-corrected chi connectivity index (χ3v) is 4.81. The first kappa shape index (κ1) is 13.5. The lowest BCUT2D eigenvalue weighted by Crippen LogP contribution is -2.43. The minimum absolute atomic E-state index is 0.0354. The van der Waals surface area contributed by atoms with Crippen molar-refractivity contribution in [1.82, 2.24) is 0 Å². The first-order chi connectivity index (χ1) is 9.54. The lowest BCUT2D eigenvalue weighted by molar-refractivity contribution is -0.125. The molecular formula is C14H13BrN2O2S. The van der Waals surface area contributed by atoms with Gasteiger partial charge in [-0.1, -0.05) is 0 Å². The lowest BCUT2D eigenvalue weighted by Gasteiger charge is -2.32. The van der Waals surface area contributed by atoms with Crippen molar-refractivity contribution in [2.75, 3.05) is 10.6 Å². The molecule has 1 aliphatic rings. The Bertz CT molecular complexity index is 671. The fourth-order valence-electron chi connectivity index (χ4n) is 2.18. The number of hydrogen-bond acceptors (Lipinski definition) is 4. The molecule has 6 heteroatoms. The number of rotatable bonds is 2. The van der Waals surface area contributed by atoms with Crippen LogP contribution in [0.25, 0.3) is 0 Å². The van der Waals surface area contributed by atoms with E-state index >= 15 is 0 Å². The van der Waals surface area contributed by atoms with E-state index in [0.29, 0.717) is 18.0 Å². The Morgan fingerprint density at radius 2 is 2.25 bits per heavy atom. The molecule has 0 saturated heterocycles. The van der Waals surface area contributed by atoms with Crippen LogP contribution in [0.3, 0.4) is 0 Å². The number of nitrogens with two attached hydrogens (primary N) is 1. The predicted octanol–water partition coefficient (Wildman–Crippen LogP) is 3.41. The van der Waals surface area contributed by atoms with Crippen molar-refractivity contribution in [2.24, 2.45) is 0 Å². The van der Waals surface area contributed by atoms with Gasteiger partial charge in [-0.3, -0.25) is 4.79 Å². The summed E-state index contributed by atoms with van der Waals surface area (Å²) < 4.78 is 6.65. The molecule has 0 saturated carbocycles. The number of nitrogens with zero attached hydrogens (tertiary/aromatic N) is 1. The van der Waals surface area contributed by atoms with Crippen LogP contribution < -0.4 is 15.4 Å². The maximum absolute atomic E-state index is 12.3. The second kappa shape index (κ2) is 5.10. The summed E-state index contributed by atoms with van der Waals surface area (Å²) in [7, 11) is 0. The molecule has 4 nitrogen and oxygen atoms in total. The zero-order valence-electron chi connectivity index (χ0n) is 10.8. The Morgan fingerprint density at radius 3 is 2.95 bits per heavy atom. The summed E-state index contributed by atoms with van der Waals surface area (Å²) in [5, 5.41) is 2.01. The molecular weight excluding hydrogens is 340 g/mol. The molecule has 2 aromatic rings. The molecule has 1 atom stereocenters. The van der Waals surface area contributed by atoms with Gasteiger partial charge in [0.05, 0.1) is 12.2 Å². The van der Waals surface area contributed by atoms with Crippen molar-refractivity contribution in [3.8, 4) is 5.75 Å². The van der Waals surface area contributed by atoms with E-state index in [4.69, 9.17) is 10.5 Å². The standard InChI is InChI=1S/C14H13BrN2O2S/c1-8-14(18)17(6-11-4-9(15)7-20-11)12-3-2-10(16)5-13(12)19-8/h2-5,7-8H,6,16H2,1H3. The monoisotopic (exact) mass is 352 g/mol. The summed E-state index contributed by atoms with van der Waals surface area (Å²) in [6.45, 7) is 2.30. The fourth-order valence-corrected chi connectivity index (χ4v) is 3.62. The Hall–Kier alpha value is -1.53. The van der Waals surface area contributed by atoms with Gasteiger partial charge in [-0.15, -0.1) is 11.3 Å². The van der Waals surface area contributed by atoms with E-state index in [-0.39, 0.29) is 5.91 Å². The topological polar surface area (TPSA) is 55.6 Å². The van der Waals surface area contributed by atoms with E-state index in [1.807, 2.05) is 17.5 Å². The van der Waals surface area contributed by atoms with Crippen LogP contribution in [0, 0.1) is 0 Å². The van der Waals surface area contributed by atoms with Gasteiger partial charge in [0, 0.05) is 26.5 Å². The molecule has 0 aliphatic carbocycles. The quantitative estimate of drug-likeness (QED) is 0.842. The molecule has 1 aliphatic heterocycles. The third kappa shape index (κ3) is 2.41. The van der Waals surface area contributed by atoms with E-state index < -0.39 is 6.10 Å². The van der Waals surface area contributed by atoms with E-state index in [1.165, 1.54) is 0 Å². The van der Waals surface area contributed by atoms with Gasteiger partial charge in [-0.2, -0.15) is 0 Å². The Labute approximate surface area is 129 Å². The van der Waals surface area contributed by atoms with Crippen LogP contribution >= 0.6 is 27.3 Å². The summed E-state index contributed by atoms with van der Waals surface area (Å²) in [5.74, 6) is 0.625. The minimum atomic E-state index is -0.493. The molecule has 20 heavy (non-hydrogen) atoms. The van der Waals surface area contributed by atoms with Gasteiger partial charge in [0.15, 0.2) is 6.10 Å². The van der Waals surface area contributed by atoms with Crippen molar-refractivity contribution >= 4 is 44.5 Å². The summed E-state index contributed by atoms with van der Waals surface area (Å²) in [6.07, 6.45) is -0.493. The van der Waals surface area contributed by atoms with Gasteiger partial charge in [0.1, 0.15) is 5.75 Å². The highest BCUT2D eigenvalue weighted by Gasteiger charge is 2.31. The Balaban J connectivity index is 1.98. The highest BCUT2D eigenvalue weighted by Crippen LogP contribution is 2.37. The normalized spacial score (nSPS) is 17.8. The van der Waals surface area contributed by atoms with Crippen LogP contribution in [0.2, 0.25) is 0 Å². The number of hydrogen-bond donors (Lipinski definition) is 1. The Morgan fingerprint density at radius 1 is 1.45 bits per heavy atom. The van der Waals surface area contributed by atoms with Gasteiger partial charge in [0.25, 0.3) is 5.91 Å².